The lowest BCUT2D eigenvalue weighted by atomic mass is 10.0. The first-order valence-corrected chi connectivity index (χ1v) is 6.36. The number of hydrogen-bond acceptors (Lipinski definition) is 1. The molecule has 1 rings (SSSR count). The lowest BCUT2D eigenvalue weighted by molar-refractivity contribution is -0.129. The summed E-state index contributed by atoms with van der Waals surface area (Å²) in [6.07, 6.45) is -3.29. The molecule has 1 aliphatic rings. The second-order valence-corrected chi connectivity index (χ2v) is 5.57. The van der Waals surface area contributed by atoms with E-state index in [1.54, 1.807) is 4.31 Å². The van der Waals surface area contributed by atoms with Crippen LogP contribution in [0.15, 0.2) is 0 Å². The maximum absolute atomic E-state index is 11.9. The summed E-state index contributed by atoms with van der Waals surface area (Å²) in [4.78, 5) is 0. The van der Waals surface area contributed by atoms with Crippen LogP contribution in [0.3, 0.4) is 0 Å². The van der Waals surface area contributed by atoms with Gasteiger partial charge in [0, 0.05) is 18.8 Å². The molecule has 1 fully saturated rings. The number of rotatable bonds is 3. The molecule has 0 radical (unpaired) electrons. The van der Waals surface area contributed by atoms with Gasteiger partial charge in [0.2, 0.25) is 0 Å². The monoisotopic (exact) mass is 243 g/mol. The molecule has 0 spiro atoms. The van der Waals surface area contributed by atoms with Crippen molar-refractivity contribution < 1.29 is 17.4 Å². The summed E-state index contributed by atoms with van der Waals surface area (Å²) in [7, 11) is -1.45. The zero-order valence-electron chi connectivity index (χ0n) is 8.72. The van der Waals surface area contributed by atoms with Gasteiger partial charge in [-0.25, -0.2) is 8.51 Å². The van der Waals surface area contributed by atoms with E-state index < -0.39 is 23.6 Å². The quantitative estimate of drug-likeness (QED) is 0.745. The smallest absolute Gasteiger partial charge is 0.243 e. The molecule has 15 heavy (non-hydrogen) atoms. The summed E-state index contributed by atoms with van der Waals surface area (Å²) in [6.45, 7) is 3.42. The molecule has 1 aliphatic heterocycles. The van der Waals surface area contributed by atoms with Crippen LogP contribution in [0.1, 0.15) is 26.2 Å². The second kappa shape index (κ2) is 5.30. The fraction of sp³-hybridized carbons (Fsp3) is 1.00. The molecule has 2 nitrogen and oxygen atoms in total. The van der Waals surface area contributed by atoms with Crippen molar-refractivity contribution in [1.82, 2.24) is 4.31 Å². The van der Waals surface area contributed by atoms with E-state index in [0.717, 1.165) is 12.8 Å². The van der Waals surface area contributed by atoms with Gasteiger partial charge >= 0.3 is 6.18 Å². The van der Waals surface area contributed by atoms with Crippen LogP contribution in [-0.2, 0) is 11.0 Å². The first-order chi connectivity index (χ1) is 6.88. The molecule has 0 aromatic carbocycles. The molecule has 0 bridgehead atoms. The van der Waals surface area contributed by atoms with E-state index in [1.165, 1.54) is 0 Å². The van der Waals surface area contributed by atoms with E-state index in [0.29, 0.717) is 19.0 Å². The summed E-state index contributed by atoms with van der Waals surface area (Å²) in [5.41, 5.74) is 0. The van der Waals surface area contributed by atoms with Crippen LogP contribution in [0, 0.1) is 5.92 Å². The van der Waals surface area contributed by atoms with Gasteiger partial charge < -0.3 is 0 Å². The summed E-state index contributed by atoms with van der Waals surface area (Å²) >= 11 is 0. The van der Waals surface area contributed by atoms with Gasteiger partial charge in [-0.2, -0.15) is 13.2 Å². The van der Waals surface area contributed by atoms with Crippen molar-refractivity contribution in [3.05, 3.63) is 0 Å². The first-order valence-electron chi connectivity index (χ1n) is 5.08. The van der Waals surface area contributed by atoms with E-state index in [1.807, 2.05) is 0 Å². The predicted octanol–water partition coefficient (Wildman–Crippen LogP) is 2.33. The van der Waals surface area contributed by atoms with E-state index in [-0.39, 0.29) is 5.75 Å². The largest absolute Gasteiger partial charge is 0.390 e. The summed E-state index contributed by atoms with van der Waals surface area (Å²) < 4.78 is 48.8. The number of nitrogens with zero attached hydrogens (tertiary/aromatic N) is 1. The molecule has 1 atom stereocenters. The Labute approximate surface area is 90.4 Å². The van der Waals surface area contributed by atoms with Crippen LogP contribution in [0.4, 0.5) is 13.2 Å². The fourth-order valence-electron chi connectivity index (χ4n) is 1.52. The fourth-order valence-corrected chi connectivity index (χ4v) is 2.80. The Morgan fingerprint density at radius 1 is 1.33 bits per heavy atom. The van der Waals surface area contributed by atoms with Gasteiger partial charge in [0.25, 0.3) is 0 Å². The molecule has 0 aliphatic carbocycles. The molecule has 1 saturated heterocycles. The van der Waals surface area contributed by atoms with Crippen molar-refractivity contribution >= 4 is 11.0 Å². The van der Waals surface area contributed by atoms with Gasteiger partial charge in [-0.1, -0.05) is 6.92 Å². The van der Waals surface area contributed by atoms with Crippen LogP contribution < -0.4 is 0 Å². The number of hydrogen-bond donors (Lipinski definition) is 0. The van der Waals surface area contributed by atoms with E-state index in [2.05, 4.69) is 6.92 Å². The van der Waals surface area contributed by atoms with Crippen LogP contribution in [0.25, 0.3) is 0 Å². The predicted molar refractivity (Wildman–Crippen MR) is 53.7 cm³/mol. The van der Waals surface area contributed by atoms with Crippen molar-refractivity contribution in [3.63, 3.8) is 0 Å². The minimum absolute atomic E-state index is 0.294. The third kappa shape index (κ3) is 4.97. The molecular weight excluding hydrogens is 227 g/mol. The third-order valence-corrected chi connectivity index (χ3v) is 4.09. The normalized spacial score (nSPS) is 22.9. The summed E-state index contributed by atoms with van der Waals surface area (Å²) in [6, 6.07) is 0. The molecule has 0 amide bonds. The summed E-state index contributed by atoms with van der Waals surface area (Å²) in [5.74, 6) is 0.304. The van der Waals surface area contributed by atoms with Gasteiger partial charge in [-0.3, -0.25) is 0 Å². The van der Waals surface area contributed by atoms with Gasteiger partial charge in [0.1, 0.15) is 0 Å². The zero-order valence-corrected chi connectivity index (χ0v) is 9.53. The van der Waals surface area contributed by atoms with Crippen molar-refractivity contribution in [1.29, 1.82) is 0 Å². The zero-order chi connectivity index (χ0) is 11.5. The highest BCUT2D eigenvalue weighted by atomic mass is 32.2. The Morgan fingerprint density at radius 3 is 2.33 bits per heavy atom. The molecular formula is C9H16F3NOS. The average molecular weight is 243 g/mol. The SMILES string of the molecule is CC1CCN(S(=O)CCC(F)(F)F)CC1. The number of halogens is 3. The first kappa shape index (κ1) is 13.0. The molecule has 90 valence electrons. The Hall–Kier alpha value is -0.100. The number of alkyl halides is 3. The van der Waals surface area contributed by atoms with Crippen molar-refractivity contribution in [3.8, 4) is 0 Å². The maximum Gasteiger partial charge on any atom is 0.390 e. The van der Waals surface area contributed by atoms with E-state index >= 15 is 0 Å². The lowest BCUT2D eigenvalue weighted by Gasteiger charge is -2.28. The maximum atomic E-state index is 11.9. The topological polar surface area (TPSA) is 20.3 Å². The Bertz CT molecular complexity index is 224. The van der Waals surface area contributed by atoms with Crippen LogP contribution in [0.2, 0.25) is 0 Å². The van der Waals surface area contributed by atoms with Crippen molar-refractivity contribution in [2.75, 3.05) is 18.8 Å². The Morgan fingerprint density at radius 2 is 1.87 bits per heavy atom. The summed E-state index contributed by atoms with van der Waals surface area (Å²) in [5, 5.41) is 0. The van der Waals surface area contributed by atoms with Crippen LogP contribution >= 0.6 is 0 Å². The molecule has 6 heteroatoms. The van der Waals surface area contributed by atoms with Crippen molar-refractivity contribution in [2.45, 2.75) is 32.4 Å². The van der Waals surface area contributed by atoms with Crippen LogP contribution in [0.5, 0.6) is 0 Å². The van der Waals surface area contributed by atoms with Gasteiger partial charge in [0.05, 0.1) is 17.4 Å². The molecule has 0 aromatic heterocycles. The van der Waals surface area contributed by atoms with Crippen molar-refractivity contribution in [2.24, 2.45) is 5.92 Å². The number of piperidine rings is 1. The Kier molecular flexibility index (Phi) is 4.58. The highest BCUT2D eigenvalue weighted by molar-refractivity contribution is 7.82. The van der Waals surface area contributed by atoms with E-state index in [9.17, 15) is 17.4 Å². The van der Waals surface area contributed by atoms with Crippen LogP contribution in [-0.4, -0.2) is 33.5 Å². The molecule has 1 unspecified atom stereocenters. The minimum atomic E-state index is -4.20. The van der Waals surface area contributed by atoms with Gasteiger partial charge in [-0.05, 0) is 18.8 Å². The molecule has 0 aromatic rings. The molecule has 0 saturated carbocycles. The Balaban J connectivity index is 2.29. The lowest BCUT2D eigenvalue weighted by Crippen LogP contribution is -2.36. The third-order valence-electron chi connectivity index (χ3n) is 2.59. The molecule has 0 N–H and O–H groups in total. The highest BCUT2D eigenvalue weighted by Gasteiger charge is 2.29. The standard InChI is InChI=1S/C9H16F3NOS/c1-8-2-5-13(6-3-8)15(14)7-4-9(10,11)12/h8H,2-7H2,1H3. The van der Waals surface area contributed by atoms with Gasteiger partial charge in [-0.15, -0.1) is 0 Å². The average Bonchev–Trinajstić information content (AvgIpc) is 2.14. The highest BCUT2D eigenvalue weighted by Crippen LogP contribution is 2.22. The molecule has 1 heterocycles. The second-order valence-electron chi connectivity index (χ2n) is 4.00. The minimum Gasteiger partial charge on any atom is -0.243 e. The van der Waals surface area contributed by atoms with E-state index in [4.69, 9.17) is 0 Å². The van der Waals surface area contributed by atoms with Gasteiger partial charge in [0.15, 0.2) is 0 Å².